The van der Waals surface area contributed by atoms with E-state index >= 15 is 0 Å². The fourth-order valence-electron chi connectivity index (χ4n) is 3.26. The summed E-state index contributed by atoms with van der Waals surface area (Å²) in [5.41, 5.74) is 5.14. The van der Waals surface area contributed by atoms with Crippen LogP contribution in [0.1, 0.15) is 19.8 Å². The van der Waals surface area contributed by atoms with Crippen molar-refractivity contribution >= 4 is 22.4 Å². The Bertz CT molecular complexity index is 1110. The molecule has 7 heteroatoms. The van der Waals surface area contributed by atoms with Crippen molar-refractivity contribution in [2.45, 2.75) is 19.8 Å². The third-order valence-corrected chi connectivity index (χ3v) is 4.79. The summed E-state index contributed by atoms with van der Waals surface area (Å²) < 4.78 is 5.34. The van der Waals surface area contributed by atoms with E-state index in [1.165, 1.54) is 0 Å². The van der Waals surface area contributed by atoms with Crippen molar-refractivity contribution in [3.05, 3.63) is 55.0 Å². The van der Waals surface area contributed by atoms with Gasteiger partial charge in [-0.25, -0.2) is 4.98 Å². The number of ether oxygens (including phenoxy) is 1. The topological polar surface area (TPSA) is 87.2 Å². The number of phenolic OH excluding ortho intramolecular Hbond substituents is 1. The summed E-state index contributed by atoms with van der Waals surface area (Å²) in [6.07, 6.45) is 7.35. The van der Waals surface area contributed by atoms with Crippen molar-refractivity contribution in [1.82, 2.24) is 20.2 Å². The minimum absolute atomic E-state index is 0.170. The fourth-order valence-corrected chi connectivity index (χ4v) is 3.26. The van der Waals surface area contributed by atoms with Gasteiger partial charge in [-0.2, -0.15) is 5.10 Å². The number of phenols is 1. The highest BCUT2D eigenvalue weighted by Crippen LogP contribution is 2.34. The second kappa shape index (κ2) is 8.18. The smallest absolute Gasteiger partial charge is 0.124 e. The van der Waals surface area contributed by atoms with Crippen molar-refractivity contribution < 1.29 is 9.84 Å². The highest BCUT2D eigenvalue weighted by atomic mass is 16.5. The normalized spacial score (nSPS) is 11.0. The summed E-state index contributed by atoms with van der Waals surface area (Å²) in [4.78, 5) is 11.5. The van der Waals surface area contributed by atoms with E-state index in [1.807, 2.05) is 24.3 Å². The number of methoxy groups -OCH3 is 1. The maximum absolute atomic E-state index is 10.1. The third-order valence-electron chi connectivity index (χ3n) is 4.79. The minimum Gasteiger partial charge on any atom is -0.508 e. The lowest BCUT2D eigenvalue weighted by Crippen LogP contribution is -2.18. The molecule has 0 amide bonds. The van der Waals surface area contributed by atoms with Gasteiger partial charge >= 0.3 is 0 Å². The molecule has 2 aromatic carbocycles. The maximum Gasteiger partial charge on any atom is 0.124 e. The summed E-state index contributed by atoms with van der Waals surface area (Å²) in [5.74, 6) is 0.785. The van der Waals surface area contributed by atoms with Crippen LogP contribution in [0.2, 0.25) is 0 Å². The van der Waals surface area contributed by atoms with Gasteiger partial charge in [-0.1, -0.05) is 13.3 Å². The summed E-state index contributed by atoms with van der Waals surface area (Å²) >= 11 is 0. The zero-order valence-corrected chi connectivity index (χ0v) is 16.5. The zero-order chi connectivity index (χ0) is 20.2. The van der Waals surface area contributed by atoms with Gasteiger partial charge in [0, 0.05) is 47.9 Å². The molecule has 0 bridgehead atoms. The molecule has 2 heterocycles. The van der Waals surface area contributed by atoms with Crippen molar-refractivity contribution in [3.8, 4) is 22.8 Å². The number of aromatic hydroxyl groups is 1. The molecular formula is C22H23N5O2. The molecule has 2 aromatic heterocycles. The molecule has 148 valence electrons. The van der Waals surface area contributed by atoms with Crippen LogP contribution in [0, 0.1) is 0 Å². The van der Waals surface area contributed by atoms with E-state index in [-0.39, 0.29) is 5.75 Å². The van der Waals surface area contributed by atoms with Crippen LogP contribution < -0.4 is 9.64 Å². The minimum atomic E-state index is 0.170. The second-order valence-electron chi connectivity index (χ2n) is 6.81. The molecule has 7 nitrogen and oxygen atoms in total. The molecule has 0 aliphatic rings. The first-order valence-electron chi connectivity index (χ1n) is 9.59. The number of fused-ring (bicyclic) bond motifs is 1. The summed E-state index contributed by atoms with van der Waals surface area (Å²) in [6.45, 7) is 2.97. The monoisotopic (exact) mass is 389 g/mol. The first-order chi connectivity index (χ1) is 14.2. The average molecular weight is 389 g/mol. The van der Waals surface area contributed by atoms with E-state index in [4.69, 9.17) is 9.72 Å². The lowest BCUT2D eigenvalue weighted by Gasteiger charge is -2.26. The summed E-state index contributed by atoms with van der Waals surface area (Å²) in [7, 11) is 1.60. The van der Waals surface area contributed by atoms with Gasteiger partial charge in [-0.15, -0.1) is 0 Å². The number of rotatable bonds is 7. The first-order valence-corrected chi connectivity index (χ1v) is 9.59. The number of nitrogens with zero attached hydrogens (tertiary/aromatic N) is 4. The Labute approximate surface area is 169 Å². The second-order valence-corrected chi connectivity index (χ2v) is 6.81. The number of aromatic amines is 1. The van der Waals surface area contributed by atoms with Crippen LogP contribution in [0.5, 0.6) is 11.5 Å². The molecule has 0 saturated heterocycles. The highest BCUT2D eigenvalue weighted by Gasteiger charge is 2.13. The van der Waals surface area contributed by atoms with Crippen LogP contribution in [-0.4, -0.2) is 38.9 Å². The lowest BCUT2D eigenvalue weighted by atomic mass is 10.1. The number of H-pyrrole nitrogens is 1. The molecule has 0 aliphatic carbocycles. The van der Waals surface area contributed by atoms with Gasteiger partial charge in [0.25, 0.3) is 0 Å². The zero-order valence-electron chi connectivity index (χ0n) is 16.5. The Hall–Kier alpha value is -3.61. The van der Waals surface area contributed by atoms with Gasteiger partial charge in [0.05, 0.1) is 36.2 Å². The predicted molar refractivity (Wildman–Crippen MR) is 114 cm³/mol. The maximum atomic E-state index is 10.1. The first kappa shape index (κ1) is 18.7. The molecular weight excluding hydrogens is 366 g/mol. The largest absolute Gasteiger partial charge is 0.508 e. The van der Waals surface area contributed by atoms with E-state index in [9.17, 15) is 5.11 Å². The molecule has 4 aromatic rings. The third kappa shape index (κ3) is 3.99. The molecule has 29 heavy (non-hydrogen) atoms. The lowest BCUT2D eigenvalue weighted by molar-refractivity contribution is 0.408. The number of aromatic nitrogens is 4. The van der Waals surface area contributed by atoms with Crippen molar-refractivity contribution in [1.29, 1.82) is 0 Å². The number of nitrogens with one attached hydrogen (secondary N) is 1. The van der Waals surface area contributed by atoms with Crippen LogP contribution in [0.15, 0.2) is 55.0 Å². The quantitative estimate of drug-likeness (QED) is 0.477. The Morgan fingerprint density at radius 1 is 1.07 bits per heavy atom. The van der Waals surface area contributed by atoms with E-state index in [0.29, 0.717) is 5.75 Å². The van der Waals surface area contributed by atoms with Crippen molar-refractivity contribution in [2.75, 3.05) is 18.6 Å². The van der Waals surface area contributed by atoms with Gasteiger partial charge < -0.3 is 14.7 Å². The SMILES string of the molecule is CCCCN(c1cc(O)cc(OC)c1)c1ccc2ncc(-c3cn[nH]c3)nc2c1. The van der Waals surface area contributed by atoms with Crippen LogP contribution in [0.25, 0.3) is 22.3 Å². The standard InChI is InChI=1S/C22H23N5O2/c1-3-4-7-27(17-8-18(28)11-19(9-17)29-2)16-5-6-20-21(10-16)26-22(14-23-20)15-12-24-25-13-15/h5-6,8-14,28H,3-4,7H2,1-2H3,(H,24,25). The van der Waals surface area contributed by atoms with Crippen molar-refractivity contribution in [2.24, 2.45) is 0 Å². The van der Waals surface area contributed by atoms with Gasteiger partial charge in [0.2, 0.25) is 0 Å². The van der Waals surface area contributed by atoms with E-state index in [2.05, 4.69) is 27.0 Å². The molecule has 0 unspecified atom stereocenters. The molecule has 0 spiro atoms. The van der Waals surface area contributed by atoms with E-state index in [1.54, 1.807) is 37.8 Å². The number of hydrogen-bond acceptors (Lipinski definition) is 6. The molecule has 0 saturated carbocycles. The summed E-state index contributed by atoms with van der Waals surface area (Å²) in [5, 5.41) is 16.9. The van der Waals surface area contributed by atoms with Crippen LogP contribution >= 0.6 is 0 Å². The highest BCUT2D eigenvalue weighted by molar-refractivity contribution is 5.82. The van der Waals surface area contributed by atoms with Crippen LogP contribution in [0.3, 0.4) is 0 Å². The number of hydrogen-bond donors (Lipinski definition) is 2. The van der Waals surface area contributed by atoms with E-state index in [0.717, 1.165) is 53.1 Å². The predicted octanol–water partition coefficient (Wildman–Crippen LogP) is 4.67. The summed E-state index contributed by atoms with van der Waals surface area (Å²) in [6, 6.07) is 11.3. The number of anilines is 2. The Kier molecular flexibility index (Phi) is 5.29. The molecule has 0 aliphatic heterocycles. The van der Waals surface area contributed by atoms with Gasteiger partial charge in [-0.3, -0.25) is 10.1 Å². The van der Waals surface area contributed by atoms with Gasteiger partial charge in [-0.05, 0) is 24.6 Å². The fraction of sp³-hybridized carbons (Fsp3) is 0.227. The molecule has 0 radical (unpaired) electrons. The number of unbranched alkanes of at least 4 members (excludes halogenated alkanes) is 1. The van der Waals surface area contributed by atoms with Crippen molar-refractivity contribution in [3.63, 3.8) is 0 Å². The molecule has 2 N–H and O–H groups in total. The Morgan fingerprint density at radius 2 is 1.97 bits per heavy atom. The van der Waals surface area contributed by atoms with Gasteiger partial charge in [0.1, 0.15) is 11.5 Å². The van der Waals surface area contributed by atoms with Crippen LogP contribution in [-0.2, 0) is 0 Å². The Balaban J connectivity index is 1.78. The van der Waals surface area contributed by atoms with Crippen LogP contribution in [0.4, 0.5) is 11.4 Å². The number of benzene rings is 2. The van der Waals surface area contributed by atoms with E-state index < -0.39 is 0 Å². The van der Waals surface area contributed by atoms with Gasteiger partial charge in [0.15, 0.2) is 0 Å². The Morgan fingerprint density at radius 3 is 2.72 bits per heavy atom. The molecule has 0 fully saturated rings. The molecule has 0 atom stereocenters. The average Bonchev–Trinajstić information content (AvgIpc) is 3.28. The molecule has 4 rings (SSSR count).